The smallest absolute Gasteiger partial charge is 0.289 e. The van der Waals surface area contributed by atoms with Gasteiger partial charge in [-0.25, -0.2) is 4.98 Å². The van der Waals surface area contributed by atoms with Gasteiger partial charge < -0.3 is 19.1 Å². The van der Waals surface area contributed by atoms with Crippen LogP contribution < -0.4 is 0 Å². The number of carbonyl (C=O) groups excluding carboxylic acids is 3. The monoisotopic (exact) mass is 526 g/mol. The lowest BCUT2D eigenvalue weighted by atomic mass is 9.97. The van der Waals surface area contributed by atoms with E-state index in [0.29, 0.717) is 62.2 Å². The number of nitrogens with zero attached hydrogens (tertiary/aromatic N) is 4. The van der Waals surface area contributed by atoms with E-state index in [9.17, 15) is 14.4 Å². The zero-order valence-electron chi connectivity index (χ0n) is 19.8. The number of aromatic nitrogens is 1. The minimum atomic E-state index is -0.153. The minimum Gasteiger partial charge on any atom is -0.459 e. The predicted molar refractivity (Wildman–Crippen MR) is 136 cm³/mol. The van der Waals surface area contributed by atoms with Crippen molar-refractivity contribution in [3.8, 4) is 0 Å². The molecule has 0 N–H and O–H groups in total. The molecule has 0 saturated carbocycles. The maximum Gasteiger partial charge on any atom is 0.289 e. The highest BCUT2D eigenvalue weighted by Crippen LogP contribution is 2.31. The number of furan rings is 1. The summed E-state index contributed by atoms with van der Waals surface area (Å²) in [7, 11) is 0. The zero-order chi connectivity index (χ0) is 25.1. The lowest BCUT2D eigenvalue weighted by Gasteiger charge is -2.34. The molecule has 0 aliphatic carbocycles. The Morgan fingerprint density at radius 2 is 1.61 bits per heavy atom. The van der Waals surface area contributed by atoms with E-state index in [1.165, 1.54) is 17.6 Å². The standard InChI is InChI=1S/C26H27ClN4O4S/c27-20-5-2-1-4-19(20)16-23(32)29-9-7-18(8-10-29)24-28-21(17-36-24)25(33)30-11-13-31(14-12-30)26(34)22-6-3-15-35-22/h1-6,15,17-18H,7-14,16H2. The summed E-state index contributed by atoms with van der Waals surface area (Å²) >= 11 is 7.72. The lowest BCUT2D eigenvalue weighted by Crippen LogP contribution is -2.50. The summed E-state index contributed by atoms with van der Waals surface area (Å²) in [5.74, 6) is 0.384. The number of piperazine rings is 1. The molecule has 188 valence electrons. The first kappa shape index (κ1) is 24.5. The van der Waals surface area contributed by atoms with E-state index in [1.54, 1.807) is 28.0 Å². The third kappa shape index (κ3) is 5.32. The summed E-state index contributed by atoms with van der Waals surface area (Å²) in [5, 5.41) is 3.39. The van der Waals surface area contributed by atoms with Gasteiger partial charge in [0.2, 0.25) is 5.91 Å². The van der Waals surface area contributed by atoms with Crippen LogP contribution in [0.2, 0.25) is 5.02 Å². The minimum absolute atomic E-state index is 0.0845. The van der Waals surface area contributed by atoms with Crippen molar-refractivity contribution >= 4 is 40.7 Å². The van der Waals surface area contributed by atoms with Crippen LogP contribution in [0.1, 0.15) is 50.4 Å². The fourth-order valence-electron chi connectivity index (χ4n) is 4.70. The van der Waals surface area contributed by atoms with Gasteiger partial charge in [0, 0.05) is 55.6 Å². The highest BCUT2D eigenvalue weighted by molar-refractivity contribution is 7.09. The number of piperidine rings is 1. The van der Waals surface area contributed by atoms with Gasteiger partial charge in [-0.15, -0.1) is 11.3 Å². The van der Waals surface area contributed by atoms with E-state index in [-0.39, 0.29) is 23.6 Å². The second kappa shape index (κ2) is 10.8. The molecular formula is C26H27ClN4O4S. The molecule has 0 atom stereocenters. The van der Waals surface area contributed by atoms with Crippen molar-refractivity contribution in [1.82, 2.24) is 19.7 Å². The van der Waals surface area contributed by atoms with Crippen molar-refractivity contribution in [2.24, 2.45) is 0 Å². The number of thiazole rings is 1. The molecule has 36 heavy (non-hydrogen) atoms. The van der Waals surface area contributed by atoms with Gasteiger partial charge in [-0.3, -0.25) is 14.4 Å². The van der Waals surface area contributed by atoms with Crippen molar-refractivity contribution in [2.45, 2.75) is 25.2 Å². The van der Waals surface area contributed by atoms with E-state index < -0.39 is 0 Å². The predicted octanol–water partition coefficient (Wildman–Crippen LogP) is 3.94. The SMILES string of the molecule is O=C(Cc1ccccc1Cl)N1CCC(c2nc(C(=O)N3CCN(C(=O)c4ccco4)CC3)cs2)CC1. The molecule has 0 unspecified atom stereocenters. The van der Waals surface area contributed by atoms with E-state index in [2.05, 4.69) is 4.98 Å². The number of benzene rings is 1. The fourth-order valence-corrected chi connectivity index (χ4v) is 5.86. The number of amides is 3. The van der Waals surface area contributed by atoms with Gasteiger partial charge in [0.15, 0.2) is 5.76 Å². The first-order valence-electron chi connectivity index (χ1n) is 12.1. The van der Waals surface area contributed by atoms with E-state index >= 15 is 0 Å². The van der Waals surface area contributed by atoms with Crippen molar-refractivity contribution in [1.29, 1.82) is 0 Å². The zero-order valence-corrected chi connectivity index (χ0v) is 21.3. The summed E-state index contributed by atoms with van der Waals surface area (Å²) in [6.45, 7) is 3.19. The van der Waals surface area contributed by atoms with Gasteiger partial charge in [0.05, 0.1) is 17.7 Å². The van der Waals surface area contributed by atoms with Crippen molar-refractivity contribution in [2.75, 3.05) is 39.3 Å². The second-order valence-corrected chi connectivity index (χ2v) is 10.4. The summed E-state index contributed by atoms with van der Waals surface area (Å²) in [6.07, 6.45) is 3.43. The molecule has 8 nitrogen and oxygen atoms in total. The Labute approximate surface area is 218 Å². The Hall–Kier alpha value is -3.17. The van der Waals surface area contributed by atoms with Crippen molar-refractivity contribution in [3.63, 3.8) is 0 Å². The van der Waals surface area contributed by atoms with Crippen molar-refractivity contribution in [3.05, 3.63) is 75.1 Å². The Balaban J connectivity index is 1.11. The maximum absolute atomic E-state index is 13.0. The molecular weight excluding hydrogens is 500 g/mol. The molecule has 0 radical (unpaired) electrons. The van der Waals surface area contributed by atoms with Crippen LogP contribution in [0, 0.1) is 0 Å². The molecule has 5 rings (SSSR count). The number of likely N-dealkylation sites (tertiary alicyclic amines) is 1. The number of hydrogen-bond acceptors (Lipinski definition) is 6. The topological polar surface area (TPSA) is 87.0 Å². The van der Waals surface area contributed by atoms with Crippen LogP contribution in [0.3, 0.4) is 0 Å². The Kier molecular flexibility index (Phi) is 7.38. The molecule has 3 amide bonds. The summed E-state index contributed by atoms with van der Waals surface area (Å²) < 4.78 is 5.20. The molecule has 2 aromatic heterocycles. The van der Waals surface area contributed by atoms with Crippen LogP contribution in [0.4, 0.5) is 0 Å². The van der Waals surface area contributed by atoms with Crippen LogP contribution in [-0.4, -0.2) is 76.7 Å². The summed E-state index contributed by atoms with van der Waals surface area (Å²) in [6, 6.07) is 10.8. The maximum atomic E-state index is 13.0. The van der Waals surface area contributed by atoms with Crippen molar-refractivity contribution < 1.29 is 18.8 Å². The quantitative estimate of drug-likeness (QED) is 0.502. The highest BCUT2D eigenvalue weighted by Gasteiger charge is 2.30. The third-order valence-corrected chi connectivity index (χ3v) is 8.20. The molecule has 2 aliphatic heterocycles. The Morgan fingerprint density at radius 3 is 2.28 bits per heavy atom. The first-order chi connectivity index (χ1) is 17.5. The van der Waals surface area contributed by atoms with Gasteiger partial charge in [0.1, 0.15) is 5.69 Å². The van der Waals surface area contributed by atoms with Crippen LogP contribution >= 0.6 is 22.9 Å². The normalized spacial score (nSPS) is 16.9. The first-order valence-corrected chi connectivity index (χ1v) is 13.3. The van der Waals surface area contributed by atoms with E-state index in [4.69, 9.17) is 16.0 Å². The molecule has 0 spiro atoms. The molecule has 0 bridgehead atoms. The summed E-state index contributed by atoms with van der Waals surface area (Å²) in [4.78, 5) is 48.2. The molecule has 2 aliphatic rings. The average Bonchev–Trinajstić information content (AvgIpc) is 3.62. The number of carbonyl (C=O) groups is 3. The highest BCUT2D eigenvalue weighted by atomic mass is 35.5. The third-order valence-electron chi connectivity index (χ3n) is 6.82. The fraction of sp³-hybridized carbons (Fsp3) is 0.385. The van der Waals surface area contributed by atoms with Crippen LogP contribution in [0.25, 0.3) is 0 Å². The largest absolute Gasteiger partial charge is 0.459 e. The van der Waals surface area contributed by atoms with Gasteiger partial charge in [-0.1, -0.05) is 29.8 Å². The Morgan fingerprint density at radius 1 is 0.917 bits per heavy atom. The van der Waals surface area contributed by atoms with Gasteiger partial charge in [-0.05, 0) is 36.6 Å². The molecule has 3 aromatic rings. The molecule has 4 heterocycles. The summed E-state index contributed by atoms with van der Waals surface area (Å²) in [5.41, 5.74) is 1.30. The second-order valence-electron chi connectivity index (χ2n) is 9.06. The van der Waals surface area contributed by atoms with Gasteiger partial charge in [-0.2, -0.15) is 0 Å². The van der Waals surface area contributed by atoms with Gasteiger partial charge in [0.25, 0.3) is 11.8 Å². The van der Waals surface area contributed by atoms with Gasteiger partial charge >= 0.3 is 0 Å². The van der Waals surface area contributed by atoms with Crippen LogP contribution in [-0.2, 0) is 11.2 Å². The molecule has 1 aromatic carbocycles. The number of hydrogen-bond donors (Lipinski definition) is 0. The molecule has 2 fully saturated rings. The lowest BCUT2D eigenvalue weighted by molar-refractivity contribution is -0.131. The number of halogens is 1. The Bertz CT molecular complexity index is 1230. The molecule has 10 heteroatoms. The molecule has 2 saturated heterocycles. The van der Waals surface area contributed by atoms with E-state index in [1.807, 2.05) is 28.5 Å². The van der Waals surface area contributed by atoms with Crippen LogP contribution in [0.15, 0.2) is 52.5 Å². The van der Waals surface area contributed by atoms with E-state index in [0.717, 1.165) is 23.4 Å². The van der Waals surface area contributed by atoms with Crippen LogP contribution in [0.5, 0.6) is 0 Å². The average molecular weight is 527 g/mol. The number of rotatable bonds is 5.